The van der Waals surface area contributed by atoms with E-state index in [-0.39, 0.29) is 14.9 Å². The molecule has 0 heterocycles. The van der Waals surface area contributed by atoms with Gasteiger partial charge in [0.05, 0.1) is 0 Å². The van der Waals surface area contributed by atoms with Gasteiger partial charge < -0.3 is 4.74 Å². The van der Waals surface area contributed by atoms with Crippen LogP contribution in [0, 0.1) is 0 Å². The van der Waals surface area contributed by atoms with Crippen LogP contribution in [0.15, 0.2) is 0 Å². The molecule has 1 nitrogen and oxygen atoms in total. The average molecular weight is 332 g/mol. The maximum absolute atomic E-state index is 4.25. The minimum Gasteiger partial charge on any atom is -0.388 e. The fourth-order valence-corrected chi connectivity index (χ4v) is 0. The first-order valence-electron chi connectivity index (χ1n) is 0.959. The lowest BCUT2D eigenvalue weighted by molar-refractivity contribution is 0.277. The molecule has 0 saturated carbocycles. The molecule has 0 amide bonds. The second-order valence-corrected chi connectivity index (χ2v) is 0.408. The van der Waals surface area contributed by atoms with Crippen LogP contribution in [0.25, 0.3) is 0 Å². The van der Waals surface area contributed by atoms with Crippen LogP contribution in [-0.2, 0) is 4.74 Å². The van der Waals surface area contributed by atoms with Gasteiger partial charge in [0.2, 0.25) is 0 Å². The van der Waals surface area contributed by atoms with E-state index in [2.05, 4.69) is 42.0 Å². The first kappa shape index (κ1) is 23.7. The van der Waals surface area contributed by atoms with Crippen LogP contribution in [0.3, 0.4) is 0 Å². The topological polar surface area (TPSA) is 9.23 Å². The van der Waals surface area contributed by atoms with Crippen molar-refractivity contribution < 1.29 is 4.74 Å². The van der Waals surface area contributed by atoms with Crippen molar-refractivity contribution in [2.75, 3.05) is 14.2 Å². The highest BCUT2D eigenvalue weighted by Gasteiger charge is 1.25. The van der Waals surface area contributed by atoms with Crippen LogP contribution in [0.2, 0.25) is 0 Å². The monoisotopic (exact) mass is 332 g/mol. The van der Waals surface area contributed by atoms with E-state index in [4.69, 9.17) is 0 Å². The Morgan fingerprint density at radius 2 is 1.00 bits per heavy atom. The van der Waals surface area contributed by atoms with E-state index in [0.717, 1.165) is 0 Å². The molecule has 0 unspecified atom stereocenters. The minimum absolute atomic E-state index is 0. The van der Waals surface area contributed by atoms with Gasteiger partial charge in [0, 0.05) is 51.5 Å². The highest BCUT2D eigenvalue weighted by atomic mass is 128. The molecule has 0 N–H and O–H groups in total. The molecule has 0 saturated heterocycles. The van der Waals surface area contributed by atoms with E-state index >= 15 is 0 Å². The molecule has 7 heavy (non-hydrogen) atoms. The summed E-state index contributed by atoms with van der Waals surface area (Å²) in [6.07, 6.45) is 0. The van der Waals surface area contributed by atoms with Crippen molar-refractivity contribution in [1.29, 1.82) is 0 Å². The van der Waals surface area contributed by atoms with E-state index in [9.17, 15) is 0 Å². The fourth-order valence-electron chi connectivity index (χ4n) is 0. The van der Waals surface area contributed by atoms with Gasteiger partial charge in [-0.15, -0.1) is 0 Å². The van der Waals surface area contributed by atoms with Gasteiger partial charge >= 0.3 is 0 Å². The lowest BCUT2D eigenvalue weighted by atomic mass is 11.6. The highest BCUT2D eigenvalue weighted by Crippen LogP contribution is 1.89. The van der Waals surface area contributed by atoms with Gasteiger partial charge in [-0.05, 0) is 0 Å². The Bertz CT molecular complexity index is 9.65. The lowest BCUT2D eigenvalue weighted by Gasteiger charge is -1.61. The lowest BCUT2D eigenvalue weighted by Crippen LogP contribution is -1.55. The van der Waals surface area contributed by atoms with E-state index in [1.807, 2.05) is 0 Å². The smallest absolute Gasteiger partial charge is 0.0351 e. The van der Waals surface area contributed by atoms with Crippen molar-refractivity contribution in [3.63, 3.8) is 0 Å². The average Bonchev–Trinajstić information content (AvgIpc) is 1.46. The molecule has 0 aliphatic rings. The Hall–Kier alpha value is 1.42. The number of ether oxygens (including phenoxy) is 1. The van der Waals surface area contributed by atoms with E-state index in [1.54, 1.807) is 14.2 Å². The normalized spacial score (nSPS) is 3.43. The zero-order valence-corrected chi connectivity index (χ0v) is 7.48. The Kier molecular flexibility index (Phi) is 177. The molecule has 0 spiro atoms. The summed E-state index contributed by atoms with van der Waals surface area (Å²) in [4.78, 5) is 0. The Morgan fingerprint density at radius 3 is 1.00 bits per heavy atom. The third-order valence-electron chi connectivity index (χ3n) is 0. The van der Waals surface area contributed by atoms with Crippen molar-refractivity contribution in [2.24, 2.45) is 0 Å². The van der Waals surface area contributed by atoms with Gasteiger partial charge in [0.1, 0.15) is 0 Å². The number of rotatable bonds is 0. The molecule has 0 fully saturated rings. The second-order valence-electron chi connectivity index (χ2n) is 0.408. The molecule has 0 aliphatic carbocycles. The molecule has 0 aromatic heterocycles. The predicted molar refractivity (Wildman–Crippen MR) is 54.4 cm³/mol. The Morgan fingerprint density at radius 1 is 1.00 bits per heavy atom. The molecule has 0 aliphatic heterocycles. The van der Waals surface area contributed by atoms with Crippen LogP contribution in [0.5, 0.6) is 0 Å². The molecule has 0 atom stereocenters. The van der Waals surface area contributed by atoms with Crippen molar-refractivity contribution in [3.8, 4) is 0 Å². The summed E-state index contributed by atoms with van der Waals surface area (Å²) in [6, 6.07) is 0. The van der Waals surface area contributed by atoms with Crippen molar-refractivity contribution in [3.05, 3.63) is 0 Å². The van der Waals surface area contributed by atoms with Gasteiger partial charge in [-0.3, -0.25) is 0 Å². The van der Waals surface area contributed by atoms with Gasteiger partial charge in [0.15, 0.2) is 0 Å². The highest BCUT2D eigenvalue weighted by molar-refractivity contribution is 15.0. The van der Waals surface area contributed by atoms with Crippen LogP contribution >= 0.6 is 37.2 Å². The van der Waals surface area contributed by atoms with Crippen LogP contribution in [0.1, 0.15) is 14.9 Å². The SMILES string of the molecule is C.C.COC.II. The molecule has 50 valence electrons. The number of halogens is 2. The predicted octanol–water partition coefficient (Wildman–Crippen LogP) is 3.31. The summed E-state index contributed by atoms with van der Waals surface area (Å²) in [5.74, 6) is 0. The molecular formula is C4H14I2O. The van der Waals surface area contributed by atoms with E-state index < -0.39 is 0 Å². The molecule has 0 bridgehead atoms. The summed E-state index contributed by atoms with van der Waals surface area (Å²) < 4.78 is 4.25. The number of hydrogen-bond acceptors (Lipinski definition) is 1. The van der Waals surface area contributed by atoms with Crippen molar-refractivity contribution in [2.45, 2.75) is 14.9 Å². The molecular weight excluding hydrogens is 318 g/mol. The van der Waals surface area contributed by atoms with Crippen LogP contribution in [-0.4, -0.2) is 14.2 Å². The van der Waals surface area contributed by atoms with Gasteiger partial charge in [-0.1, -0.05) is 14.9 Å². The zero-order valence-electron chi connectivity index (χ0n) is 3.16. The maximum atomic E-state index is 4.25. The first-order chi connectivity index (χ1) is 2.41. The molecule has 3 heteroatoms. The van der Waals surface area contributed by atoms with E-state index in [1.165, 1.54) is 0 Å². The second kappa shape index (κ2) is 52.2. The van der Waals surface area contributed by atoms with Crippen molar-refractivity contribution >= 4 is 37.2 Å². The molecule has 0 aromatic rings. The molecule has 0 rings (SSSR count). The van der Waals surface area contributed by atoms with Crippen molar-refractivity contribution in [1.82, 2.24) is 0 Å². The molecule has 0 aromatic carbocycles. The van der Waals surface area contributed by atoms with Gasteiger partial charge in [0.25, 0.3) is 0 Å². The Labute approximate surface area is 70.5 Å². The number of methoxy groups -OCH3 is 1. The standard InChI is InChI=1S/C2H6O.2CH4.I2/c1-3-2;;;1-2/h1-2H3;2*1H4;. The third-order valence-corrected chi connectivity index (χ3v) is 0. The quantitative estimate of drug-likeness (QED) is 0.619. The third kappa shape index (κ3) is 108. The number of hydrogen-bond donors (Lipinski definition) is 0. The van der Waals surface area contributed by atoms with E-state index in [0.29, 0.717) is 0 Å². The summed E-state index contributed by atoms with van der Waals surface area (Å²) in [5, 5.41) is 0. The summed E-state index contributed by atoms with van der Waals surface area (Å²) >= 11 is 4.24. The van der Waals surface area contributed by atoms with Crippen LogP contribution in [0.4, 0.5) is 0 Å². The fraction of sp³-hybridized carbons (Fsp3) is 1.00. The molecule has 0 radical (unpaired) electrons. The minimum atomic E-state index is 0. The summed E-state index contributed by atoms with van der Waals surface area (Å²) in [5.41, 5.74) is 0. The summed E-state index contributed by atoms with van der Waals surface area (Å²) in [7, 11) is 3.25. The summed E-state index contributed by atoms with van der Waals surface area (Å²) in [6.45, 7) is 0. The first-order valence-corrected chi connectivity index (χ1v) is 7.25. The van der Waals surface area contributed by atoms with Gasteiger partial charge in [-0.25, -0.2) is 0 Å². The maximum Gasteiger partial charge on any atom is 0.0351 e. The zero-order chi connectivity index (χ0) is 4.71. The van der Waals surface area contributed by atoms with Crippen LogP contribution < -0.4 is 0 Å². The largest absolute Gasteiger partial charge is 0.388 e. The Balaban J connectivity index is -0.0000000105. The van der Waals surface area contributed by atoms with Gasteiger partial charge in [-0.2, -0.15) is 0 Å².